The van der Waals surface area contributed by atoms with Crippen LogP contribution in [0.15, 0.2) is 35.3 Å². The first kappa shape index (κ1) is 8.24. The fourth-order valence-corrected chi connectivity index (χ4v) is 1.64. The molecule has 0 saturated heterocycles. The molecule has 0 amide bonds. The van der Waals surface area contributed by atoms with E-state index in [4.69, 9.17) is 0 Å². The highest BCUT2D eigenvalue weighted by Gasteiger charge is 2.06. The molecule has 1 atom stereocenters. The summed E-state index contributed by atoms with van der Waals surface area (Å²) in [5.41, 5.74) is 3.66. The Morgan fingerprint density at radius 1 is 1.23 bits per heavy atom. The lowest BCUT2D eigenvalue weighted by Crippen LogP contribution is -1.88. The normalized spacial score (nSPS) is 20.5. The van der Waals surface area contributed by atoms with Crippen LogP contribution in [0.25, 0.3) is 5.57 Å². The Labute approximate surface area is 78.8 Å². The Kier molecular flexibility index (Phi) is 2.01. The Morgan fingerprint density at radius 3 is 2.85 bits per heavy atom. The molecule has 0 spiro atoms. The maximum absolute atomic E-state index is 4.44. The van der Waals surface area contributed by atoms with Crippen molar-refractivity contribution in [3.63, 3.8) is 0 Å². The number of aliphatic imine (C=N–C) groups is 1. The summed E-state index contributed by atoms with van der Waals surface area (Å²) in [5, 5.41) is 0. The topological polar surface area (TPSA) is 12.4 Å². The van der Waals surface area contributed by atoms with E-state index in [0.29, 0.717) is 5.92 Å². The third kappa shape index (κ3) is 1.55. The molecule has 1 aliphatic heterocycles. The van der Waals surface area contributed by atoms with Gasteiger partial charge < -0.3 is 0 Å². The molecule has 0 aliphatic carbocycles. The minimum atomic E-state index is 0.437. The maximum atomic E-state index is 4.44. The van der Waals surface area contributed by atoms with Gasteiger partial charge in [-0.15, -0.1) is 0 Å². The van der Waals surface area contributed by atoms with Gasteiger partial charge in [-0.25, -0.2) is 0 Å². The van der Waals surface area contributed by atoms with Crippen LogP contribution in [0.1, 0.15) is 19.4 Å². The van der Waals surface area contributed by atoms with Crippen molar-refractivity contribution in [2.24, 2.45) is 10.9 Å². The molecule has 1 heterocycles. The van der Waals surface area contributed by atoms with Crippen molar-refractivity contribution in [2.45, 2.75) is 13.8 Å². The number of hydrogen-bond donors (Lipinski definition) is 0. The SMILES string of the molecule is CC1=CC(C)C=Nc2ccccc21. The first-order valence-electron chi connectivity index (χ1n) is 4.59. The van der Waals surface area contributed by atoms with Gasteiger partial charge in [-0.05, 0) is 18.6 Å². The number of benzene rings is 1. The zero-order valence-electron chi connectivity index (χ0n) is 7.99. The van der Waals surface area contributed by atoms with Crippen molar-refractivity contribution in [1.29, 1.82) is 0 Å². The quantitative estimate of drug-likeness (QED) is 0.567. The zero-order chi connectivity index (χ0) is 9.26. The third-order valence-corrected chi connectivity index (χ3v) is 2.29. The molecular formula is C12H13N. The fourth-order valence-electron chi connectivity index (χ4n) is 1.64. The van der Waals surface area contributed by atoms with E-state index in [0.717, 1.165) is 5.69 Å². The molecule has 1 heteroatoms. The van der Waals surface area contributed by atoms with Crippen LogP contribution in [0.5, 0.6) is 0 Å². The summed E-state index contributed by atoms with van der Waals surface area (Å²) in [4.78, 5) is 4.44. The number of para-hydroxylation sites is 1. The standard InChI is InChI=1S/C12H13N/c1-9-7-10(2)11-5-3-4-6-12(11)13-8-9/h3-9H,1-2H3. The van der Waals surface area contributed by atoms with Gasteiger partial charge in [0.1, 0.15) is 0 Å². The highest BCUT2D eigenvalue weighted by atomic mass is 14.7. The Morgan fingerprint density at radius 2 is 2.00 bits per heavy atom. The highest BCUT2D eigenvalue weighted by molar-refractivity contribution is 5.82. The third-order valence-electron chi connectivity index (χ3n) is 2.29. The van der Waals surface area contributed by atoms with E-state index in [1.54, 1.807) is 0 Å². The summed E-state index contributed by atoms with van der Waals surface area (Å²) in [7, 11) is 0. The maximum Gasteiger partial charge on any atom is 0.0700 e. The van der Waals surface area contributed by atoms with E-state index in [1.165, 1.54) is 11.1 Å². The molecule has 1 aliphatic rings. The summed E-state index contributed by atoms with van der Waals surface area (Å²) in [6.07, 6.45) is 4.24. The van der Waals surface area contributed by atoms with Crippen LogP contribution in [0, 0.1) is 5.92 Å². The summed E-state index contributed by atoms with van der Waals surface area (Å²) in [5.74, 6) is 0.437. The van der Waals surface area contributed by atoms with Crippen molar-refractivity contribution in [2.75, 3.05) is 0 Å². The lowest BCUT2D eigenvalue weighted by Gasteiger charge is -2.02. The number of hydrogen-bond acceptors (Lipinski definition) is 1. The predicted molar refractivity (Wildman–Crippen MR) is 57.4 cm³/mol. The van der Waals surface area contributed by atoms with Crippen molar-refractivity contribution >= 4 is 17.5 Å². The minimum Gasteiger partial charge on any atom is -0.260 e. The first-order chi connectivity index (χ1) is 6.27. The average molecular weight is 171 g/mol. The van der Waals surface area contributed by atoms with Crippen LogP contribution in [-0.2, 0) is 0 Å². The minimum absolute atomic E-state index is 0.437. The van der Waals surface area contributed by atoms with Gasteiger partial charge in [0.05, 0.1) is 5.69 Å². The Hall–Kier alpha value is -1.37. The van der Waals surface area contributed by atoms with E-state index in [1.807, 2.05) is 12.3 Å². The van der Waals surface area contributed by atoms with Gasteiger partial charge in [0.2, 0.25) is 0 Å². The molecule has 1 nitrogen and oxygen atoms in total. The molecule has 0 aromatic heterocycles. The van der Waals surface area contributed by atoms with Crippen LogP contribution in [0.3, 0.4) is 0 Å². The van der Waals surface area contributed by atoms with Gasteiger partial charge in [0.25, 0.3) is 0 Å². The molecule has 1 aromatic rings. The first-order valence-corrected chi connectivity index (χ1v) is 4.59. The van der Waals surface area contributed by atoms with E-state index >= 15 is 0 Å². The number of nitrogens with zero attached hydrogens (tertiary/aromatic N) is 1. The van der Waals surface area contributed by atoms with Crippen LogP contribution in [0.4, 0.5) is 5.69 Å². The largest absolute Gasteiger partial charge is 0.260 e. The molecule has 0 radical (unpaired) electrons. The summed E-state index contributed by atoms with van der Waals surface area (Å²) in [6.45, 7) is 4.29. The molecule has 13 heavy (non-hydrogen) atoms. The van der Waals surface area contributed by atoms with E-state index in [-0.39, 0.29) is 0 Å². The summed E-state index contributed by atoms with van der Waals surface area (Å²) < 4.78 is 0. The van der Waals surface area contributed by atoms with Crippen LogP contribution >= 0.6 is 0 Å². The number of allylic oxidation sites excluding steroid dienone is 2. The molecule has 0 fully saturated rings. The molecule has 2 rings (SSSR count). The molecule has 0 bridgehead atoms. The summed E-state index contributed by atoms with van der Waals surface area (Å²) in [6, 6.07) is 8.26. The average Bonchev–Trinajstić information content (AvgIpc) is 2.27. The van der Waals surface area contributed by atoms with Crippen molar-refractivity contribution in [1.82, 2.24) is 0 Å². The van der Waals surface area contributed by atoms with Gasteiger partial charge in [-0.2, -0.15) is 0 Å². The van der Waals surface area contributed by atoms with Gasteiger partial charge in [-0.3, -0.25) is 4.99 Å². The smallest absolute Gasteiger partial charge is 0.0700 e. The molecule has 0 N–H and O–H groups in total. The molecular weight excluding hydrogens is 158 g/mol. The monoisotopic (exact) mass is 171 g/mol. The van der Waals surface area contributed by atoms with Crippen LogP contribution < -0.4 is 0 Å². The molecule has 1 unspecified atom stereocenters. The van der Waals surface area contributed by atoms with Gasteiger partial charge >= 0.3 is 0 Å². The molecule has 0 saturated carbocycles. The van der Waals surface area contributed by atoms with E-state index in [2.05, 4.69) is 43.1 Å². The van der Waals surface area contributed by atoms with Crippen molar-refractivity contribution in [3.05, 3.63) is 35.9 Å². The lowest BCUT2D eigenvalue weighted by atomic mass is 10.0. The summed E-state index contributed by atoms with van der Waals surface area (Å²) >= 11 is 0. The number of rotatable bonds is 0. The Bertz CT molecular complexity index is 374. The van der Waals surface area contributed by atoms with E-state index < -0.39 is 0 Å². The second kappa shape index (κ2) is 3.17. The number of fused-ring (bicyclic) bond motifs is 1. The highest BCUT2D eigenvalue weighted by Crippen LogP contribution is 2.28. The predicted octanol–water partition coefficient (Wildman–Crippen LogP) is 3.44. The van der Waals surface area contributed by atoms with E-state index in [9.17, 15) is 0 Å². The lowest BCUT2D eigenvalue weighted by molar-refractivity contribution is 1.03. The van der Waals surface area contributed by atoms with Crippen molar-refractivity contribution < 1.29 is 0 Å². The molecule has 1 aromatic carbocycles. The van der Waals surface area contributed by atoms with Crippen LogP contribution in [-0.4, -0.2) is 6.21 Å². The second-order valence-electron chi connectivity index (χ2n) is 3.50. The zero-order valence-corrected chi connectivity index (χ0v) is 7.99. The van der Waals surface area contributed by atoms with Gasteiger partial charge in [-0.1, -0.05) is 31.2 Å². The fraction of sp³-hybridized carbons (Fsp3) is 0.250. The van der Waals surface area contributed by atoms with Gasteiger partial charge in [0, 0.05) is 17.7 Å². The van der Waals surface area contributed by atoms with Crippen molar-refractivity contribution in [3.8, 4) is 0 Å². The Balaban J connectivity index is 2.59. The second-order valence-corrected chi connectivity index (χ2v) is 3.50. The van der Waals surface area contributed by atoms with Gasteiger partial charge in [0.15, 0.2) is 0 Å². The van der Waals surface area contributed by atoms with Crippen LogP contribution in [0.2, 0.25) is 0 Å². The molecule has 66 valence electrons.